The van der Waals surface area contributed by atoms with Crippen molar-refractivity contribution >= 4 is 0 Å². The van der Waals surface area contributed by atoms with Gasteiger partial charge in [0.05, 0.1) is 5.60 Å². The zero-order valence-electron chi connectivity index (χ0n) is 7.96. The molecule has 0 radical (unpaired) electrons. The van der Waals surface area contributed by atoms with Gasteiger partial charge in [-0.2, -0.15) is 13.2 Å². The molecule has 13 heavy (non-hydrogen) atoms. The number of morpholine rings is 1. The highest BCUT2D eigenvalue weighted by molar-refractivity contribution is 4.94. The third-order valence-corrected chi connectivity index (χ3v) is 2.11. The third kappa shape index (κ3) is 2.14. The molecule has 1 aliphatic heterocycles. The first kappa shape index (κ1) is 10.8. The van der Waals surface area contributed by atoms with Crippen LogP contribution in [0.3, 0.4) is 0 Å². The lowest BCUT2D eigenvalue weighted by atomic mass is 9.99. The van der Waals surface area contributed by atoms with Gasteiger partial charge in [0, 0.05) is 13.1 Å². The summed E-state index contributed by atoms with van der Waals surface area (Å²) in [6.07, 6.45) is -4.32. The van der Waals surface area contributed by atoms with E-state index in [2.05, 4.69) is 5.32 Å². The van der Waals surface area contributed by atoms with E-state index in [9.17, 15) is 13.2 Å². The summed E-state index contributed by atoms with van der Waals surface area (Å²) in [5, 5.41) is 2.73. The van der Waals surface area contributed by atoms with E-state index in [-0.39, 0.29) is 6.54 Å². The molecule has 2 nitrogen and oxygen atoms in total. The fourth-order valence-electron chi connectivity index (χ4n) is 1.44. The van der Waals surface area contributed by atoms with E-state index < -0.39 is 17.4 Å². The Balaban J connectivity index is 2.81. The van der Waals surface area contributed by atoms with Crippen LogP contribution < -0.4 is 5.32 Å². The van der Waals surface area contributed by atoms with E-state index in [1.165, 1.54) is 0 Å². The standard InChI is InChI=1S/C8H14F3NO/c1-6(2)4-12-5-7(3,13-6)8(9,10)11/h12H,4-5H2,1-3H3/t7-/m0/s1. The van der Waals surface area contributed by atoms with Gasteiger partial charge in [0.2, 0.25) is 0 Å². The van der Waals surface area contributed by atoms with Crippen LogP contribution in [0.1, 0.15) is 20.8 Å². The minimum Gasteiger partial charge on any atom is -0.357 e. The monoisotopic (exact) mass is 197 g/mol. The Hall–Kier alpha value is -0.290. The van der Waals surface area contributed by atoms with E-state index in [1.807, 2.05) is 0 Å². The summed E-state index contributed by atoms with van der Waals surface area (Å²) >= 11 is 0. The third-order valence-electron chi connectivity index (χ3n) is 2.11. The van der Waals surface area contributed by atoms with Crippen molar-refractivity contribution in [3.8, 4) is 0 Å². The number of hydrogen-bond donors (Lipinski definition) is 1. The van der Waals surface area contributed by atoms with E-state index in [0.29, 0.717) is 6.54 Å². The summed E-state index contributed by atoms with van der Waals surface area (Å²) in [5.41, 5.74) is -2.82. The van der Waals surface area contributed by atoms with Gasteiger partial charge in [-0.05, 0) is 20.8 Å². The summed E-state index contributed by atoms with van der Waals surface area (Å²) in [7, 11) is 0. The van der Waals surface area contributed by atoms with Crippen molar-refractivity contribution in [2.45, 2.75) is 38.1 Å². The summed E-state index contributed by atoms with van der Waals surface area (Å²) in [5.74, 6) is 0. The first-order valence-corrected chi connectivity index (χ1v) is 4.14. The molecule has 1 heterocycles. The van der Waals surface area contributed by atoms with Gasteiger partial charge in [0.15, 0.2) is 5.60 Å². The number of halogens is 3. The molecule has 1 atom stereocenters. The summed E-state index contributed by atoms with van der Waals surface area (Å²) in [4.78, 5) is 0. The van der Waals surface area contributed by atoms with Crippen LogP contribution in [0.2, 0.25) is 0 Å². The normalized spacial score (nSPS) is 34.6. The lowest BCUT2D eigenvalue weighted by molar-refractivity contribution is -0.306. The molecule has 0 bridgehead atoms. The first-order chi connectivity index (χ1) is 5.66. The van der Waals surface area contributed by atoms with Crippen molar-refractivity contribution in [1.82, 2.24) is 5.32 Å². The van der Waals surface area contributed by atoms with Gasteiger partial charge in [-0.25, -0.2) is 0 Å². The molecule has 1 saturated heterocycles. The van der Waals surface area contributed by atoms with Gasteiger partial charge in [-0.15, -0.1) is 0 Å². The highest BCUT2D eigenvalue weighted by atomic mass is 19.4. The molecule has 1 rings (SSSR count). The highest BCUT2D eigenvalue weighted by Gasteiger charge is 2.56. The topological polar surface area (TPSA) is 21.3 Å². The summed E-state index contributed by atoms with van der Waals surface area (Å²) in [6.45, 7) is 4.62. The fraction of sp³-hybridized carbons (Fsp3) is 1.00. The van der Waals surface area contributed by atoms with Crippen molar-refractivity contribution in [2.24, 2.45) is 0 Å². The number of hydrogen-bond acceptors (Lipinski definition) is 2. The maximum Gasteiger partial charge on any atom is 0.418 e. The Kier molecular flexibility index (Phi) is 2.37. The number of nitrogens with one attached hydrogen (secondary N) is 1. The smallest absolute Gasteiger partial charge is 0.357 e. The Morgan fingerprint density at radius 2 is 1.69 bits per heavy atom. The lowest BCUT2D eigenvalue weighted by Gasteiger charge is -2.44. The minimum absolute atomic E-state index is 0.181. The molecule has 1 N–H and O–H groups in total. The maximum absolute atomic E-state index is 12.5. The molecule has 0 unspecified atom stereocenters. The van der Waals surface area contributed by atoms with Gasteiger partial charge in [-0.1, -0.05) is 0 Å². The molecule has 1 aliphatic rings. The van der Waals surface area contributed by atoms with Crippen molar-refractivity contribution in [3.05, 3.63) is 0 Å². The molecule has 0 amide bonds. The second-order valence-corrected chi connectivity index (χ2v) is 4.19. The molecular formula is C8H14F3NO. The summed E-state index contributed by atoms with van der Waals surface area (Å²) < 4.78 is 42.5. The van der Waals surface area contributed by atoms with Crippen LogP contribution in [-0.2, 0) is 4.74 Å². The average Bonchev–Trinajstić information content (AvgIpc) is 1.80. The van der Waals surface area contributed by atoms with Gasteiger partial charge in [-0.3, -0.25) is 0 Å². The van der Waals surface area contributed by atoms with Gasteiger partial charge in [0.1, 0.15) is 0 Å². The maximum atomic E-state index is 12.5. The molecule has 78 valence electrons. The molecule has 0 aromatic carbocycles. The molecule has 0 spiro atoms. The lowest BCUT2D eigenvalue weighted by Crippen LogP contribution is -2.62. The predicted molar refractivity (Wildman–Crippen MR) is 42.5 cm³/mol. The predicted octanol–water partition coefficient (Wildman–Crippen LogP) is 1.71. The second-order valence-electron chi connectivity index (χ2n) is 4.19. The van der Waals surface area contributed by atoms with Gasteiger partial charge < -0.3 is 10.1 Å². The molecule has 0 saturated carbocycles. The van der Waals surface area contributed by atoms with Crippen molar-refractivity contribution in [3.63, 3.8) is 0 Å². The minimum atomic E-state index is -4.32. The molecule has 5 heteroatoms. The van der Waals surface area contributed by atoms with Gasteiger partial charge >= 0.3 is 6.18 Å². The average molecular weight is 197 g/mol. The van der Waals surface area contributed by atoms with E-state index in [1.54, 1.807) is 13.8 Å². The molecular weight excluding hydrogens is 183 g/mol. The van der Waals surface area contributed by atoms with Crippen molar-refractivity contribution in [2.75, 3.05) is 13.1 Å². The first-order valence-electron chi connectivity index (χ1n) is 4.14. The van der Waals surface area contributed by atoms with Crippen LogP contribution in [0.5, 0.6) is 0 Å². The molecule has 1 fully saturated rings. The van der Waals surface area contributed by atoms with Crippen molar-refractivity contribution in [1.29, 1.82) is 0 Å². The quantitative estimate of drug-likeness (QED) is 0.638. The summed E-state index contributed by atoms with van der Waals surface area (Å²) in [6, 6.07) is 0. The number of alkyl halides is 3. The molecule has 0 aromatic heterocycles. The Bertz CT molecular complexity index is 202. The van der Waals surface area contributed by atoms with Crippen molar-refractivity contribution < 1.29 is 17.9 Å². The molecule has 0 aliphatic carbocycles. The largest absolute Gasteiger partial charge is 0.418 e. The number of rotatable bonds is 0. The van der Waals surface area contributed by atoms with Crippen LogP contribution in [0, 0.1) is 0 Å². The van der Waals surface area contributed by atoms with Crippen LogP contribution in [0.15, 0.2) is 0 Å². The Labute approximate surface area is 75.4 Å². The van der Waals surface area contributed by atoms with Crippen LogP contribution in [0.4, 0.5) is 13.2 Å². The highest BCUT2D eigenvalue weighted by Crippen LogP contribution is 2.37. The van der Waals surface area contributed by atoms with Crippen LogP contribution >= 0.6 is 0 Å². The zero-order valence-corrected chi connectivity index (χ0v) is 7.96. The zero-order chi connectivity index (χ0) is 10.3. The number of ether oxygens (including phenoxy) is 1. The van der Waals surface area contributed by atoms with Crippen LogP contribution in [0.25, 0.3) is 0 Å². The van der Waals surface area contributed by atoms with Gasteiger partial charge in [0.25, 0.3) is 0 Å². The fourth-order valence-corrected chi connectivity index (χ4v) is 1.44. The Morgan fingerprint density at radius 3 is 2.00 bits per heavy atom. The molecule has 0 aromatic rings. The second kappa shape index (κ2) is 2.85. The Morgan fingerprint density at radius 1 is 1.15 bits per heavy atom. The van der Waals surface area contributed by atoms with E-state index in [4.69, 9.17) is 4.74 Å². The van der Waals surface area contributed by atoms with E-state index >= 15 is 0 Å². The SMILES string of the molecule is CC1(C)CNC[C@@](C)(C(F)(F)F)O1. The van der Waals surface area contributed by atoms with E-state index in [0.717, 1.165) is 6.92 Å². The van der Waals surface area contributed by atoms with Crippen LogP contribution in [-0.4, -0.2) is 30.5 Å².